The summed E-state index contributed by atoms with van der Waals surface area (Å²) < 4.78 is 2.90. The first kappa shape index (κ1) is 8.45. The Morgan fingerprint density at radius 1 is 0.786 bits per heavy atom. The van der Waals surface area contributed by atoms with Gasteiger partial charge in [0.15, 0.2) is 0 Å². The van der Waals surface area contributed by atoms with E-state index in [4.69, 9.17) is 0 Å². The maximum Gasteiger partial charge on any atom is 0.0381 e. The second-order valence-corrected chi connectivity index (χ2v) is 5.41. The minimum Gasteiger partial charge on any atom is -0.144 e. The van der Waals surface area contributed by atoms with E-state index in [1.807, 2.05) is 22.7 Å². The Morgan fingerprint density at radius 3 is 1.64 bits per heavy atom. The maximum atomic E-state index is 2.24. The molecule has 0 atom stereocenters. The molecule has 2 heterocycles. The highest BCUT2D eigenvalue weighted by Gasteiger charge is 2.09. The molecular weight excluding hydrogens is 208 g/mol. The molecule has 0 saturated heterocycles. The Hall–Kier alpha value is -0.860. The third-order valence-corrected chi connectivity index (χ3v) is 4.93. The molecule has 0 spiro atoms. The molecule has 0 fully saturated rings. The van der Waals surface area contributed by atoms with E-state index in [-0.39, 0.29) is 0 Å². The third-order valence-electron chi connectivity index (χ3n) is 2.86. The smallest absolute Gasteiger partial charge is 0.0381 e. The number of rotatable bonds is 0. The minimum atomic E-state index is 1.43. The van der Waals surface area contributed by atoms with Crippen molar-refractivity contribution in [3.05, 3.63) is 34.0 Å². The highest BCUT2D eigenvalue weighted by molar-refractivity contribution is 7.19. The molecule has 70 valence electrons. The zero-order valence-electron chi connectivity index (χ0n) is 8.13. The second-order valence-electron chi connectivity index (χ2n) is 3.58. The molecule has 0 aliphatic rings. The van der Waals surface area contributed by atoms with Crippen LogP contribution in [0.5, 0.6) is 0 Å². The lowest BCUT2D eigenvalue weighted by Gasteiger charge is -2.03. The van der Waals surface area contributed by atoms with Crippen LogP contribution in [0.4, 0.5) is 0 Å². The van der Waals surface area contributed by atoms with Gasteiger partial charge in [0, 0.05) is 20.2 Å². The van der Waals surface area contributed by atoms with Crippen molar-refractivity contribution >= 4 is 42.8 Å². The number of hydrogen-bond donors (Lipinski definition) is 0. The average molecular weight is 218 g/mol. The van der Waals surface area contributed by atoms with E-state index >= 15 is 0 Å². The SMILES string of the molecule is Cc1c(C)c2sccc2c2ccsc12. The van der Waals surface area contributed by atoms with Crippen LogP contribution in [-0.2, 0) is 0 Å². The van der Waals surface area contributed by atoms with Crippen molar-refractivity contribution in [1.29, 1.82) is 0 Å². The van der Waals surface area contributed by atoms with Gasteiger partial charge in [-0.3, -0.25) is 0 Å². The van der Waals surface area contributed by atoms with Gasteiger partial charge in [0.1, 0.15) is 0 Å². The number of aryl methyl sites for hydroxylation is 2. The fraction of sp³-hybridized carbons (Fsp3) is 0.167. The van der Waals surface area contributed by atoms with Crippen LogP contribution >= 0.6 is 22.7 Å². The summed E-state index contributed by atoms with van der Waals surface area (Å²) in [5, 5.41) is 7.23. The normalized spacial score (nSPS) is 11.6. The van der Waals surface area contributed by atoms with E-state index in [2.05, 4.69) is 36.7 Å². The van der Waals surface area contributed by atoms with Crippen LogP contribution in [-0.4, -0.2) is 0 Å². The Bertz CT molecular complexity index is 558. The molecule has 1 aromatic carbocycles. The summed E-state index contributed by atoms with van der Waals surface area (Å²) in [7, 11) is 0. The van der Waals surface area contributed by atoms with Crippen LogP contribution in [0, 0.1) is 13.8 Å². The monoisotopic (exact) mass is 218 g/mol. The van der Waals surface area contributed by atoms with Gasteiger partial charge in [-0.1, -0.05) is 0 Å². The zero-order valence-corrected chi connectivity index (χ0v) is 9.76. The molecule has 0 N–H and O–H groups in total. The minimum absolute atomic E-state index is 1.43. The number of benzene rings is 1. The molecule has 0 saturated carbocycles. The fourth-order valence-corrected chi connectivity index (χ4v) is 3.91. The molecule has 0 unspecified atom stereocenters. The van der Waals surface area contributed by atoms with E-state index in [1.165, 1.54) is 31.3 Å². The van der Waals surface area contributed by atoms with Gasteiger partial charge in [-0.25, -0.2) is 0 Å². The van der Waals surface area contributed by atoms with E-state index in [0.717, 1.165) is 0 Å². The number of fused-ring (bicyclic) bond motifs is 3. The van der Waals surface area contributed by atoms with Crippen molar-refractivity contribution in [2.45, 2.75) is 13.8 Å². The lowest BCUT2D eigenvalue weighted by molar-refractivity contribution is 1.44. The lowest BCUT2D eigenvalue weighted by Crippen LogP contribution is -1.80. The van der Waals surface area contributed by atoms with E-state index < -0.39 is 0 Å². The van der Waals surface area contributed by atoms with Gasteiger partial charge in [0.05, 0.1) is 0 Å². The molecule has 0 amide bonds. The summed E-state index contributed by atoms with van der Waals surface area (Å²) in [6, 6.07) is 4.48. The topological polar surface area (TPSA) is 0 Å². The summed E-state index contributed by atoms with van der Waals surface area (Å²) in [6.45, 7) is 4.46. The molecular formula is C12H10S2. The van der Waals surface area contributed by atoms with Crippen molar-refractivity contribution in [1.82, 2.24) is 0 Å². The highest BCUT2D eigenvalue weighted by atomic mass is 32.1. The van der Waals surface area contributed by atoms with Gasteiger partial charge in [0.25, 0.3) is 0 Å². The largest absolute Gasteiger partial charge is 0.144 e. The molecule has 0 bridgehead atoms. The predicted molar refractivity (Wildman–Crippen MR) is 66.7 cm³/mol. The van der Waals surface area contributed by atoms with Crippen molar-refractivity contribution in [3.8, 4) is 0 Å². The van der Waals surface area contributed by atoms with E-state index in [1.54, 1.807) is 0 Å². The quantitative estimate of drug-likeness (QED) is 0.511. The molecule has 3 rings (SSSR count). The molecule has 0 radical (unpaired) electrons. The third kappa shape index (κ3) is 0.928. The van der Waals surface area contributed by atoms with Crippen LogP contribution < -0.4 is 0 Å². The van der Waals surface area contributed by atoms with Gasteiger partial charge in [-0.2, -0.15) is 0 Å². The zero-order chi connectivity index (χ0) is 9.71. The van der Waals surface area contributed by atoms with Crippen molar-refractivity contribution < 1.29 is 0 Å². The highest BCUT2D eigenvalue weighted by Crippen LogP contribution is 2.37. The first-order valence-electron chi connectivity index (χ1n) is 4.62. The molecule has 2 aromatic heterocycles. The Balaban J connectivity index is 2.73. The molecule has 0 nitrogen and oxygen atoms in total. The van der Waals surface area contributed by atoms with Gasteiger partial charge >= 0.3 is 0 Å². The van der Waals surface area contributed by atoms with Gasteiger partial charge in [-0.05, 0) is 47.9 Å². The summed E-state index contributed by atoms with van der Waals surface area (Å²) in [5.74, 6) is 0. The Labute approximate surface area is 90.8 Å². The van der Waals surface area contributed by atoms with Crippen LogP contribution in [0.1, 0.15) is 11.1 Å². The van der Waals surface area contributed by atoms with Crippen LogP contribution in [0.15, 0.2) is 22.9 Å². The Kier molecular flexibility index (Phi) is 1.70. The van der Waals surface area contributed by atoms with Crippen LogP contribution in [0.25, 0.3) is 20.2 Å². The molecule has 14 heavy (non-hydrogen) atoms. The maximum absolute atomic E-state index is 2.24. The predicted octanol–water partition coefficient (Wildman–Crippen LogP) is 4.73. The molecule has 0 aliphatic heterocycles. The van der Waals surface area contributed by atoms with Gasteiger partial charge in [-0.15, -0.1) is 22.7 Å². The van der Waals surface area contributed by atoms with Crippen LogP contribution in [0.2, 0.25) is 0 Å². The summed E-state index contributed by atoms with van der Waals surface area (Å²) in [6.07, 6.45) is 0. The van der Waals surface area contributed by atoms with E-state index in [0.29, 0.717) is 0 Å². The van der Waals surface area contributed by atoms with Crippen molar-refractivity contribution in [2.24, 2.45) is 0 Å². The summed E-state index contributed by atoms with van der Waals surface area (Å²) in [5.41, 5.74) is 2.90. The van der Waals surface area contributed by atoms with Crippen LogP contribution in [0.3, 0.4) is 0 Å². The molecule has 0 aliphatic carbocycles. The Morgan fingerprint density at radius 2 is 1.21 bits per heavy atom. The first-order valence-corrected chi connectivity index (χ1v) is 6.38. The number of hydrogen-bond acceptors (Lipinski definition) is 2. The molecule has 3 aromatic rings. The molecule has 2 heteroatoms. The average Bonchev–Trinajstić information content (AvgIpc) is 2.80. The summed E-state index contributed by atoms with van der Waals surface area (Å²) in [4.78, 5) is 0. The van der Waals surface area contributed by atoms with Crippen molar-refractivity contribution in [2.75, 3.05) is 0 Å². The lowest BCUT2D eigenvalue weighted by atomic mass is 10.0. The fourth-order valence-electron chi connectivity index (χ4n) is 1.96. The first-order chi connectivity index (χ1) is 6.79. The summed E-state index contributed by atoms with van der Waals surface area (Å²) >= 11 is 3.70. The van der Waals surface area contributed by atoms with Crippen molar-refractivity contribution in [3.63, 3.8) is 0 Å². The van der Waals surface area contributed by atoms with Gasteiger partial charge < -0.3 is 0 Å². The van der Waals surface area contributed by atoms with Gasteiger partial charge in [0.2, 0.25) is 0 Å². The standard InChI is InChI=1S/C12H10S2/c1-7-8(2)12-10(4-6-14-12)9-3-5-13-11(7)9/h3-6H,1-2H3. The van der Waals surface area contributed by atoms with E-state index in [9.17, 15) is 0 Å². The number of thiophene rings is 2. The second kappa shape index (κ2) is 2.81.